The van der Waals surface area contributed by atoms with Crippen LogP contribution in [-0.4, -0.2) is 41.1 Å². The van der Waals surface area contributed by atoms with Gasteiger partial charge in [0.2, 0.25) is 10.0 Å². The molecule has 0 aromatic heterocycles. The third-order valence-electron chi connectivity index (χ3n) is 2.47. The molecule has 5 nitrogen and oxygen atoms in total. The number of rotatable bonds is 8. The fraction of sp³-hybridized carbons (Fsp3) is 0.500. The van der Waals surface area contributed by atoms with E-state index in [4.69, 9.17) is 21.1 Å². The number of anilines is 1. The van der Waals surface area contributed by atoms with Gasteiger partial charge in [-0.1, -0.05) is 11.6 Å². The summed E-state index contributed by atoms with van der Waals surface area (Å²) in [5.74, 6) is -0.388. The van der Waals surface area contributed by atoms with Crippen molar-refractivity contribution in [2.24, 2.45) is 0 Å². The summed E-state index contributed by atoms with van der Waals surface area (Å²) in [5.41, 5.74) is -1.32. The van der Waals surface area contributed by atoms with Crippen LogP contribution in [0.1, 0.15) is 5.56 Å². The van der Waals surface area contributed by atoms with Gasteiger partial charge < -0.3 is 9.47 Å². The van der Waals surface area contributed by atoms with Crippen LogP contribution in [0, 0.1) is 0 Å². The van der Waals surface area contributed by atoms with Crippen molar-refractivity contribution >= 4 is 27.3 Å². The lowest BCUT2D eigenvalue weighted by molar-refractivity contribution is -0.137. The third kappa shape index (κ3) is 6.39. The van der Waals surface area contributed by atoms with Crippen molar-refractivity contribution in [3.8, 4) is 0 Å². The zero-order valence-corrected chi connectivity index (χ0v) is 13.2. The lowest BCUT2D eigenvalue weighted by Crippen LogP contribution is -2.21. The van der Waals surface area contributed by atoms with E-state index in [9.17, 15) is 21.6 Å². The smallest absolute Gasteiger partial charge is 0.382 e. The Labute approximate surface area is 131 Å². The first-order valence-corrected chi connectivity index (χ1v) is 8.12. The highest BCUT2D eigenvalue weighted by Crippen LogP contribution is 2.36. The number of sulfonamides is 1. The third-order valence-corrected chi connectivity index (χ3v) is 4.05. The Morgan fingerprint density at radius 2 is 1.91 bits per heavy atom. The molecule has 0 saturated carbocycles. The maximum atomic E-state index is 12.7. The molecule has 0 aliphatic heterocycles. The van der Waals surface area contributed by atoms with E-state index in [0.29, 0.717) is 12.7 Å². The molecule has 1 aromatic carbocycles. The van der Waals surface area contributed by atoms with Gasteiger partial charge in [-0.25, -0.2) is 8.42 Å². The van der Waals surface area contributed by atoms with E-state index in [-0.39, 0.29) is 24.7 Å². The van der Waals surface area contributed by atoms with Gasteiger partial charge in [0.05, 0.1) is 36.2 Å². The number of methoxy groups -OCH3 is 1. The Morgan fingerprint density at radius 3 is 2.50 bits per heavy atom. The van der Waals surface area contributed by atoms with Crippen LogP contribution in [0.2, 0.25) is 5.02 Å². The molecule has 126 valence electrons. The van der Waals surface area contributed by atoms with Crippen LogP contribution in [0.3, 0.4) is 0 Å². The number of hydrogen-bond donors (Lipinski definition) is 1. The molecule has 0 unspecified atom stereocenters. The van der Waals surface area contributed by atoms with E-state index >= 15 is 0 Å². The maximum absolute atomic E-state index is 12.7. The first-order valence-electron chi connectivity index (χ1n) is 6.09. The van der Waals surface area contributed by atoms with Gasteiger partial charge in [0.1, 0.15) is 0 Å². The summed E-state index contributed by atoms with van der Waals surface area (Å²) in [6.45, 7) is 0.448. The van der Waals surface area contributed by atoms with Gasteiger partial charge in [0.15, 0.2) is 0 Å². The lowest BCUT2D eigenvalue weighted by atomic mass is 10.2. The number of benzene rings is 1. The summed E-state index contributed by atoms with van der Waals surface area (Å²) in [5, 5.41) is -0.502. The number of alkyl halides is 3. The maximum Gasteiger partial charge on any atom is 0.417 e. The van der Waals surface area contributed by atoms with Crippen molar-refractivity contribution in [3.05, 3.63) is 28.8 Å². The average molecular weight is 362 g/mol. The summed E-state index contributed by atoms with van der Waals surface area (Å²) in [6.07, 6.45) is -4.66. The summed E-state index contributed by atoms with van der Waals surface area (Å²) >= 11 is 5.46. The van der Waals surface area contributed by atoms with Gasteiger partial charge in [-0.05, 0) is 18.2 Å². The second kappa shape index (κ2) is 8.00. The van der Waals surface area contributed by atoms with Gasteiger partial charge in [0.25, 0.3) is 0 Å². The fourth-order valence-corrected chi connectivity index (χ4v) is 2.60. The monoisotopic (exact) mass is 361 g/mol. The Kier molecular flexibility index (Phi) is 6.92. The molecule has 0 amide bonds. The lowest BCUT2D eigenvalue weighted by Gasteiger charge is -2.12. The Hall–Kier alpha value is -1.03. The van der Waals surface area contributed by atoms with E-state index in [1.165, 1.54) is 7.11 Å². The fourth-order valence-electron chi connectivity index (χ4n) is 1.45. The van der Waals surface area contributed by atoms with Crippen LogP contribution in [0.15, 0.2) is 18.2 Å². The van der Waals surface area contributed by atoms with Crippen molar-refractivity contribution in [1.82, 2.24) is 0 Å². The quantitative estimate of drug-likeness (QED) is 0.723. The number of hydrogen-bond acceptors (Lipinski definition) is 4. The molecular formula is C12H15ClF3NO4S. The number of halogens is 4. The highest BCUT2D eigenvalue weighted by Gasteiger charge is 2.33. The molecule has 22 heavy (non-hydrogen) atoms. The normalized spacial score (nSPS) is 12.4. The number of ether oxygens (including phenoxy) is 2. The van der Waals surface area contributed by atoms with Crippen LogP contribution in [0.25, 0.3) is 0 Å². The molecule has 0 atom stereocenters. The highest BCUT2D eigenvalue weighted by molar-refractivity contribution is 7.92. The first kappa shape index (κ1) is 19.0. The molecule has 1 rings (SSSR count). The zero-order chi connectivity index (χ0) is 16.8. The Morgan fingerprint density at radius 1 is 1.23 bits per heavy atom. The molecule has 0 aliphatic rings. The van der Waals surface area contributed by atoms with E-state index in [2.05, 4.69) is 4.72 Å². The average Bonchev–Trinajstić information content (AvgIpc) is 2.39. The SMILES string of the molecule is COCCOCCS(=O)(=O)Nc1ccc(Cl)c(C(F)(F)F)c1. The Bertz CT molecular complexity index is 593. The standard InChI is InChI=1S/C12H15ClF3NO4S/c1-20-4-5-21-6-7-22(18,19)17-9-2-3-11(13)10(8-9)12(14,15)16/h2-3,8,17H,4-7H2,1H3. The molecule has 0 heterocycles. The highest BCUT2D eigenvalue weighted by atomic mass is 35.5. The molecule has 1 N–H and O–H groups in total. The second-order valence-corrected chi connectivity index (χ2v) is 6.47. The molecule has 10 heteroatoms. The minimum absolute atomic E-state index is 0.0988. The molecule has 1 aromatic rings. The zero-order valence-electron chi connectivity index (χ0n) is 11.6. The summed E-state index contributed by atoms with van der Waals surface area (Å²) < 4.78 is 73.3. The summed E-state index contributed by atoms with van der Waals surface area (Å²) in [6, 6.07) is 2.78. The van der Waals surface area contributed by atoms with Crippen molar-refractivity contribution in [2.45, 2.75) is 6.18 Å². The minimum atomic E-state index is -4.66. The second-order valence-electron chi connectivity index (χ2n) is 4.22. The van der Waals surface area contributed by atoms with Crippen LogP contribution in [0.5, 0.6) is 0 Å². The molecule has 0 bridgehead atoms. The van der Waals surface area contributed by atoms with Gasteiger partial charge >= 0.3 is 6.18 Å². The molecular weight excluding hydrogens is 347 g/mol. The topological polar surface area (TPSA) is 64.6 Å². The number of nitrogens with one attached hydrogen (secondary N) is 1. The van der Waals surface area contributed by atoms with Crippen molar-refractivity contribution < 1.29 is 31.1 Å². The van der Waals surface area contributed by atoms with E-state index in [0.717, 1.165) is 12.1 Å². The predicted molar refractivity (Wildman–Crippen MR) is 76.6 cm³/mol. The Balaban J connectivity index is 2.69. The summed E-state index contributed by atoms with van der Waals surface area (Å²) in [7, 11) is -2.35. The molecule has 0 radical (unpaired) electrons. The van der Waals surface area contributed by atoms with E-state index in [1.807, 2.05) is 0 Å². The molecule has 0 fully saturated rings. The minimum Gasteiger partial charge on any atom is -0.382 e. The van der Waals surface area contributed by atoms with Crippen LogP contribution >= 0.6 is 11.6 Å². The van der Waals surface area contributed by atoms with Crippen molar-refractivity contribution in [1.29, 1.82) is 0 Å². The van der Waals surface area contributed by atoms with Gasteiger partial charge in [-0.2, -0.15) is 13.2 Å². The van der Waals surface area contributed by atoms with Crippen molar-refractivity contribution in [3.63, 3.8) is 0 Å². The molecule has 0 saturated heterocycles. The summed E-state index contributed by atoms with van der Waals surface area (Å²) in [4.78, 5) is 0. The van der Waals surface area contributed by atoms with Gasteiger partial charge in [0, 0.05) is 12.8 Å². The van der Waals surface area contributed by atoms with Crippen molar-refractivity contribution in [2.75, 3.05) is 37.4 Å². The predicted octanol–water partition coefficient (Wildman–Crippen LogP) is 2.76. The van der Waals surface area contributed by atoms with E-state index < -0.39 is 26.8 Å². The van der Waals surface area contributed by atoms with Gasteiger partial charge in [-0.3, -0.25) is 4.72 Å². The van der Waals surface area contributed by atoms with Crippen LogP contribution in [0.4, 0.5) is 18.9 Å². The largest absolute Gasteiger partial charge is 0.417 e. The van der Waals surface area contributed by atoms with E-state index in [1.54, 1.807) is 0 Å². The molecule has 0 spiro atoms. The van der Waals surface area contributed by atoms with Gasteiger partial charge in [-0.15, -0.1) is 0 Å². The van der Waals surface area contributed by atoms with Crippen LogP contribution in [-0.2, 0) is 25.7 Å². The first-order chi connectivity index (χ1) is 10.2. The molecule has 0 aliphatic carbocycles. The van der Waals surface area contributed by atoms with Crippen LogP contribution < -0.4 is 4.72 Å².